The normalized spacial score (nSPS) is 10.3. The summed E-state index contributed by atoms with van der Waals surface area (Å²) in [6, 6.07) is 10.5. The maximum Gasteiger partial charge on any atom is 0.273 e. The van der Waals surface area contributed by atoms with E-state index < -0.39 is 4.92 Å². The van der Waals surface area contributed by atoms with E-state index in [1.165, 1.54) is 6.07 Å². The number of benzene rings is 2. The zero-order valence-electron chi connectivity index (χ0n) is 10.5. The van der Waals surface area contributed by atoms with Crippen molar-refractivity contribution < 1.29 is 9.66 Å². The molecule has 0 aliphatic heterocycles. The quantitative estimate of drug-likeness (QED) is 0.623. The Labute approximate surface area is 115 Å². The first-order valence-electron chi connectivity index (χ1n) is 5.62. The van der Waals surface area contributed by atoms with Crippen molar-refractivity contribution in [1.82, 2.24) is 0 Å². The molecule has 4 nitrogen and oxygen atoms in total. The van der Waals surface area contributed by atoms with Gasteiger partial charge in [0.15, 0.2) is 0 Å². The van der Waals surface area contributed by atoms with E-state index in [0.29, 0.717) is 10.6 Å². The molecule has 0 N–H and O–H groups in total. The molecule has 2 aromatic rings. The van der Waals surface area contributed by atoms with Crippen LogP contribution in [0.25, 0.3) is 11.1 Å². The molecular formula is C14H12ClNO3. The van der Waals surface area contributed by atoms with Gasteiger partial charge in [-0.1, -0.05) is 23.7 Å². The van der Waals surface area contributed by atoms with Gasteiger partial charge in [0, 0.05) is 17.2 Å². The van der Waals surface area contributed by atoms with Crippen molar-refractivity contribution in [2.24, 2.45) is 0 Å². The number of ether oxygens (including phenoxy) is 1. The zero-order valence-corrected chi connectivity index (χ0v) is 11.3. The fraction of sp³-hybridized carbons (Fsp3) is 0.143. The van der Waals surface area contributed by atoms with Gasteiger partial charge in [0.1, 0.15) is 5.75 Å². The second kappa shape index (κ2) is 5.28. The molecule has 0 amide bonds. The monoisotopic (exact) mass is 277 g/mol. The fourth-order valence-electron chi connectivity index (χ4n) is 1.87. The van der Waals surface area contributed by atoms with Crippen LogP contribution < -0.4 is 4.74 Å². The summed E-state index contributed by atoms with van der Waals surface area (Å²) in [6.07, 6.45) is 0. The van der Waals surface area contributed by atoms with Crippen molar-refractivity contribution in [2.75, 3.05) is 7.11 Å². The highest BCUT2D eigenvalue weighted by Crippen LogP contribution is 2.35. The molecule has 0 radical (unpaired) electrons. The molecule has 0 atom stereocenters. The van der Waals surface area contributed by atoms with Crippen molar-refractivity contribution in [3.8, 4) is 16.9 Å². The maximum atomic E-state index is 10.8. The molecule has 5 heteroatoms. The number of nitro groups is 1. The van der Waals surface area contributed by atoms with E-state index in [9.17, 15) is 10.1 Å². The second-order valence-corrected chi connectivity index (χ2v) is 4.43. The summed E-state index contributed by atoms with van der Waals surface area (Å²) in [5.41, 5.74) is 2.17. The predicted octanol–water partition coefficient (Wildman–Crippen LogP) is 4.23. The lowest BCUT2D eigenvalue weighted by atomic mass is 10.0. The van der Waals surface area contributed by atoms with Crippen LogP contribution in [0.3, 0.4) is 0 Å². The lowest BCUT2D eigenvalue weighted by Crippen LogP contribution is -1.93. The van der Waals surface area contributed by atoms with Gasteiger partial charge < -0.3 is 4.74 Å². The summed E-state index contributed by atoms with van der Waals surface area (Å²) in [5, 5.41) is 11.2. The molecule has 19 heavy (non-hydrogen) atoms. The van der Waals surface area contributed by atoms with E-state index in [2.05, 4.69) is 0 Å². The molecule has 0 aliphatic carbocycles. The molecule has 0 saturated heterocycles. The number of hydrogen-bond donors (Lipinski definition) is 0. The molecule has 0 bridgehead atoms. The van der Waals surface area contributed by atoms with Crippen LogP contribution in [0.5, 0.6) is 5.75 Å². The highest BCUT2D eigenvalue weighted by atomic mass is 35.5. The first-order valence-corrected chi connectivity index (χ1v) is 6.00. The van der Waals surface area contributed by atoms with Crippen LogP contribution in [0.2, 0.25) is 5.02 Å². The number of rotatable bonds is 3. The third kappa shape index (κ3) is 2.53. The van der Waals surface area contributed by atoms with Crippen LogP contribution in [0.4, 0.5) is 5.69 Å². The zero-order chi connectivity index (χ0) is 14.0. The van der Waals surface area contributed by atoms with E-state index in [0.717, 1.165) is 16.9 Å². The molecule has 2 rings (SSSR count). The molecule has 0 fully saturated rings. The summed E-state index contributed by atoms with van der Waals surface area (Å²) < 4.78 is 5.09. The number of nitro benzene ring substituents is 1. The average molecular weight is 278 g/mol. The topological polar surface area (TPSA) is 52.4 Å². The third-order valence-electron chi connectivity index (χ3n) is 2.96. The van der Waals surface area contributed by atoms with E-state index in [1.807, 2.05) is 24.3 Å². The average Bonchev–Trinajstić information content (AvgIpc) is 2.41. The van der Waals surface area contributed by atoms with Crippen LogP contribution >= 0.6 is 11.6 Å². The highest BCUT2D eigenvalue weighted by Gasteiger charge is 2.16. The Morgan fingerprint density at radius 2 is 1.79 bits per heavy atom. The van der Waals surface area contributed by atoms with Crippen molar-refractivity contribution >= 4 is 17.3 Å². The van der Waals surface area contributed by atoms with Crippen LogP contribution in [-0.4, -0.2) is 12.0 Å². The molecule has 0 unspecified atom stereocenters. The number of hydrogen-bond acceptors (Lipinski definition) is 3. The molecule has 2 aromatic carbocycles. The van der Waals surface area contributed by atoms with Crippen LogP contribution in [0.15, 0.2) is 36.4 Å². The van der Waals surface area contributed by atoms with Gasteiger partial charge in [0.2, 0.25) is 0 Å². The van der Waals surface area contributed by atoms with Gasteiger partial charge in [-0.2, -0.15) is 0 Å². The summed E-state index contributed by atoms with van der Waals surface area (Å²) in [7, 11) is 1.60. The van der Waals surface area contributed by atoms with E-state index >= 15 is 0 Å². The SMILES string of the molecule is COc1ccc(-c2ccc([N+](=O)[O-])c(C)c2Cl)cc1. The minimum atomic E-state index is -0.432. The maximum absolute atomic E-state index is 10.8. The third-order valence-corrected chi connectivity index (χ3v) is 3.44. The Kier molecular flexibility index (Phi) is 3.71. The first kappa shape index (κ1) is 13.4. The van der Waals surface area contributed by atoms with Crippen molar-refractivity contribution in [1.29, 1.82) is 0 Å². The Bertz CT molecular complexity index is 623. The number of nitrogens with zero attached hydrogens (tertiary/aromatic N) is 1. The smallest absolute Gasteiger partial charge is 0.273 e. The number of halogens is 1. The van der Waals surface area contributed by atoms with Crippen molar-refractivity contribution in [3.63, 3.8) is 0 Å². The van der Waals surface area contributed by atoms with E-state index in [-0.39, 0.29) is 5.69 Å². The van der Waals surface area contributed by atoms with Gasteiger partial charge >= 0.3 is 0 Å². The van der Waals surface area contributed by atoms with Crippen LogP contribution in [-0.2, 0) is 0 Å². The van der Waals surface area contributed by atoms with Gasteiger partial charge in [0.05, 0.1) is 17.1 Å². The summed E-state index contributed by atoms with van der Waals surface area (Å²) in [5.74, 6) is 0.749. The molecule has 98 valence electrons. The molecule has 0 aliphatic rings. The van der Waals surface area contributed by atoms with Gasteiger partial charge in [0.25, 0.3) is 5.69 Å². The van der Waals surface area contributed by atoms with Crippen molar-refractivity contribution in [3.05, 3.63) is 57.1 Å². The summed E-state index contributed by atoms with van der Waals surface area (Å²) >= 11 is 6.21. The largest absolute Gasteiger partial charge is 0.497 e. The summed E-state index contributed by atoms with van der Waals surface area (Å²) in [4.78, 5) is 10.4. The van der Waals surface area contributed by atoms with Crippen LogP contribution in [0.1, 0.15) is 5.56 Å². The Balaban J connectivity index is 2.50. The minimum absolute atomic E-state index is 0.0299. The Morgan fingerprint density at radius 3 is 2.32 bits per heavy atom. The fourth-order valence-corrected chi connectivity index (χ4v) is 2.14. The molecule has 0 aromatic heterocycles. The van der Waals surface area contributed by atoms with Crippen molar-refractivity contribution in [2.45, 2.75) is 6.92 Å². The van der Waals surface area contributed by atoms with Gasteiger partial charge in [-0.05, 0) is 30.7 Å². The van der Waals surface area contributed by atoms with E-state index in [4.69, 9.17) is 16.3 Å². The highest BCUT2D eigenvalue weighted by molar-refractivity contribution is 6.34. The first-order chi connectivity index (χ1) is 9.04. The Hall–Kier alpha value is -2.07. The molecule has 0 saturated carbocycles. The summed E-state index contributed by atoms with van der Waals surface area (Å²) in [6.45, 7) is 1.65. The number of methoxy groups -OCH3 is 1. The van der Waals surface area contributed by atoms with Gasteiger partial charge in [-0.3, -0.25) is 10.1 Å². The molecule has 0 spiro atoms. The predicted molar refractivity (Wildman–Crippen MR) is 74.8 cm³/mol. The van der Waals surface area contributed by atoms with Crippen LogP contribution in [0, 0.1) is 17.0 Å². The lowest BCUT2D eigenvalue weighted by molar-refractivity contribution is -0.385. The molecular weight excluding hydrogens is 266 g/mol. The Morgan fingerprint density at radius 1 is 1.16 bits per heavy atom. The van der Waals surface area contributed by atoms with Gasteiger partial charge in [-0.25, -0.2) is 0 Å². The lowest BCUT2D eigenvalue weighted by Gasteiger charge is -2.08. The van der Waals surface area contributed by atoms with Gasteiger partial charge in [-0.15, -0.1) is 0 Å². The standard InChI is InChI=1S/C14H12ClNO3/c1-9-13(16(17)18)8-7-12(14(9)15)10-3-5-11(19-2)6-4-10/h3-8H,1-2H3. The van der Waals surface area contributed by atoms with E-state index in [1.54, 1.807) is 20.1 Å². The molecule has 0 heterocycles. The second-order valence-electron chi connectivity index (χ2n) is 4.06. The minimum Gasteiger partial charge on any atom is -0.497 e.